The minimum absolute atomic E-state index is 0.368. The van der Waals surface area contributed by atoms with Crippen molar-refractivity contribution in [3.05, 3.63) is 53.9 Å². The van der Waals surface area contributed by atoms with Crippen molar-refractivity contribution in [1.82, 2.24) is 9.97 Å². The molecule has 4 heteroatoms. The molecule has 0 saturated carbocycles. The van der Waals surface area contributed by atoms with E-state index >= 15 is 0 Å². The molecule has 3 nitrogen and oxygen atoms in total. The summed E-state index contributed by atoms with van der Waals surface area (Å²) in [4.78, 5) is 8.35. The van der Waals surface area contributed by atoms with Gasteiger partial charge in [-0.05, 0) is 11.5 Å². The Labute approximate surface area is 115 Å². The fraction of sp³-hybridized carbons (Fsp3) is 0.0667. The van der Waals surface area contributed by atoms with Gasteiger partial charge in [0.2, 0.25) is 0 Å². The maximum Gasteiger partial charge on any atom is 0.148 e. The van der Waals surface area contributed by atoms with Crippen LogP contribution in [0.3, 0.4) is 0 Å². The standard InChI is InChI=1S/C15H11ClN2O/c1-19-15-11-5-3-2-4-10(11)6-7-12(15)13-8-17-9-14(16)18-13/h2-9H,1H3. The number of hydrogen-bond acceptors (Lipinski definition) is 3. The molecule has 0 N–H and O–H groups in total. The van der Waals surface area contributed by atoms with Gasteiger partial charge < -0.3 is 4.74 Å². The first-order valence-electron chi connectivity index (χ1n) is 5.83. The van der Waals surface area contributed by atoms with Crippen LogP contribution >= 0.6 is 11.6 Å². The van der Waals surface area contributed by atoms with Crippen molar-refractivity contribution in [3.63, 3.8) is 0 Å². The summed E-state index contributed by atoms with van der Waals surface area (Å²) in [6.45, 7) is 0. The molecular formula is C15H11ClN2O. The van der Waals surface area contributed by atoms with Crippen LogP contribution in [0, 0.1) is 0 Å². The van der Waals surface area contributed by atoms with Crippen LogP contribution in [-0.2, 0) is 0 Å². The van der Waals surface area contributed by atoms with Crippen LogP contribution < -0.4 is 4.74 Å². The van der Waals surface area contributed by atoms with Crippen molar-refractivity contribution in [3.8, 4) is 17.0 Å². The van der Waals surface area contributed by atoms with E-state index in [4.69, 9.17) is 16.3 Å². The van der Waals surface area contributed by atoms with Crippen molar-refractivity contribution in [2.45, 2.75) is 0 Å². The van der Waals surface area contributed by atoms with Gasteiger partial charge in [0.15, 0.2) is 0 Å². The number of ether oxygens (including phenoxy) is 1. The molecule has 0 spiro atoms. The maximum absolute atomic E-state index is 5.89. The minimum Gasteiger partial charge on any atom is -0.495 e. The van der Waals surface area contributed by atoms with Gasteiger partial charge in [-0.25, -0.2) is 4.98 Å². The zero-order chi connectivity index (χ0) is 13.2. The molecule has 19 heavy (non-hydrogen) atoms. The molecule has 0 saturated heterocycles. The molecule has 94 valence electrons. The third kappa shape index (κ3) is 2.13. The Bertz CT molecular complexity index is 743. The Morgan fingerprint density at radius 3 is 2.68 bits per heavy atom. The third-order valence-electron chi connectivity index (χ3n) is 2.96. The van der Waals surface area contributed by atoms with Crippen LogP contribution in [0.15, 0.2) is 48.8 Å². The molecular weight excluding hydrogens is 260 g/mol. The molecule has 0 unspecified atom stereocenters. The molecule has 1 aromatic heterocycles. The summed E-state index contributed by atoms with van der Waals surface area (Å²) >= 11 is 5.89. The molecule has 2 aromatic carbocycles. The van der Waals surface area contributed by atoms with Crippen molar-refractivity contribution in [1.29, 1.82) is 0 Å². The van der Waals surface area contributed by atoms with E-state index in [2.05, 4.69) is 9.97 Å². The van der Waals surface area contributed by atoms with E-state index in [-0.39, 0.29) is 0 Å². The quantitative estimate of drug-likeness (QED) is 0.707. The number of aromatic nitrogens is 2. The van der Waals surface area contributed by atoms with E-state index in [0.29, 0.717) is 10.8 Å². The predicted molar refractivity (Wildman–Crippen MR) is 76.5 cm³/mol. The fourth-order valence-electron chi connectivity index (χ4n) is 2.14. The van der Waals surface area contributed by atoms with Crippen molar-refractivity contribution >= 4 is 22.4 Å². The van der Waals surface area contributed by atoms with E-state index in [0.717, 1.165) is 22.1 Å². The molecule has 0 aliphatic carbocycles. The van der Waals surface area contributed by atoms with Gasteiger partial charge in [-0.3, -0.25) is 4.98 Å². The monoisotopic (exact) mass is 270 g/mol. The minimum atomic E-state index is 0.368. The average molecular weight is 271 g/mol. The summed E-state index contributed by atoms with van der Waals surface area (Å²) < 4.78 is 5.54. The second-order valence-electron chi connectivity index (χ2n) is 4.09. The summed E-state index contributed by atoms with van der Waals surface area (Å²) in [5.74, 6) is 0.787. The highest BCUT2D eigenvalue weighted by Gasteiger charge is 2.11. The highest BCUT2D eigenvalue weighted by Crippen LogP contribution is 2.35. The lowest BCUT2D eigenvalue weighted by Gasteiger charge is -2.11. The first kappa shape index (κ1) is 11.9. The van der Waals surface area contributed by atoms with Gasteiger partial charge in [-0.1, -0.05) is 41.9 Å². The Kier molecular flexibility index (Phi) is 3.05. The molecule has 0 aliphatic rings. The molecule has 3 rings (SSSR count). The second kappa shape index (κ2) is 4.86. The number of nitrogens with zero attached hydrogens (tertiary/aromatic N) is 2. The van der Waals surface area contributed by atoms with Crippen LogP contribution in [0.5, 0.6) is 5.75 Å². The van der Waals surface area contributed by atoms with Crippen molar-refractivity contribution in [2.75, 3.05) is 7.11 Å². The highest BCUT2D eigenvalue weighted by atomic mass is 35.5. The fourth-order valence-corrected chi connectivity index (χ4v) is 2.28. The summed E-state index contributed by atoms with van der Waals surface area (Å²) in [6, 6.07) is 12.1. The largest absolute Gasteiger partial charge is 0.495 e. The van der Waals surface area contributed by atoms with Crippen LogP contribution in [-0.4, -0.2) is 17.1 Å². The molecule has 0 radical (unpaired) electrons. The van der Waals surface area contributed by atoms with E-state index in [1.807, 2.05) is 36.4 Å². The van der Waals surface area contributed by atoms with Gasteiger partial charge >= 0.3 is 0 Å². The van der Waals surface area contributed by atoms with E-state index in [9.17, 15) is 0 Å². The van der Waals surface area contributed by atoms with E-state index in [1.165, 1.54) is 6.20 Å². The molecule has 0 amide bonds. The zero-order valence-electron chi connectivity index (χ0n) is 10.3. The second-order valence-corrected chi connectivity index (χ2v) is 4.48. The first-order chi connectivity index (χ1) is 9.29. The van der Waals surface area contributed by atoms with Gasteiger partial charge in [-0.2, -0.15) is 0 Å². The first-order valence-corrected chi connectivity index (χ1v) is 6.21. The summed E-state index contributed by atoms with van der Waals surface area (Å²) in [5.41, 5.74) is 1.59. The van der Waals surface area contributed by atoms with Crippen LogP contribution in [0.25, 0.3) is 22.0 Å². The van der Waals surface area contributed by atoms with Crippen molar-refractivity contribution in [2.24, 2.45) is 0 Å². The Morgan fingerprint density at radius 2 is 1.89 bits per heavy atom. The van der Waals surface area contributed by atoms with Gasteiger partial charge in [0.1, 0.15) is 10.9 Å². The predicted octanol–water partition coefficient (Wildman–Crippen LogP) is 3.96. The van der Waals surface area contributed by atoms with Gasteiger partial charge in [-0.15, -0.1) is 0 Å². The number of halogens is 1. The van der Waals surface area contributed by atoms with Crippen LogP contribution in [0.2, 0.25) is 5.15 Å². The third-order valence-corrected chi connectivity index (χ3v) is 3.15. The zero-order valence-corrected chi connectivity index (χ0v) is 11.1. The van der Waals surface area contributed by atoms with E-state index in [1.54, 1.807) is 13.3 Å². The topological polar surface area (TPSA) is 35.0 Å². The van der Waals surface area contributed by atoms with Crippen LogP contribution in [0.1, 0.15) is 0 Å². The lowest BCUT2D eigenvalue weighted by Crippen LogP contribution is -1.92. The number of methoxy groups -OCH3 is 1. The SMILES string of the molecule is COc1c(-c2cncc(Cl)n2)ccc2ccccc12. The molecule has 3 aromatic rings. The number of hydrogen-bond donors (Lipinski definition) is 0. The smallest absolute Gasteiger partial charge is 0.148 e. The summed E-state index contributed by atoms with van der Waals surface area (Å²) in [7, 11) is 1.66. The molecule has 0 bridgehead atoms. The van der Waals surface area contributed by atoms with Gasteiger partial charge in [0.05, 0.1) is 25.2 Å². The van der Waals surface area contributed by atoms with Gasteiger partial charge in [0.25, 0.3) is 0 Å². The molecule has 0 fully saturated rings. The number of rotatable bonds is 2. The lowest BCUT2D eigenvalue weighted by molar-refractivity contribution is 0.421. The highest BCUT2D eigenvalue weighted by molar-refractivity contribution is 6.29. The normalized spacial score (nSPS) is 10.6. The number of benzene rings is 2. The average Bonchev–Trinajstić information content (AvgIpc) is 2.46. The van der Waals surface area contributed by atoms with Crippen molar-refractivity contribution < 1.29 is 4.74 Å². The van der Waals surface area contributed by atoms with E-state index < -0.39 is 0 Å². The lowest BCUT2D eigenvalue weighted by atomic mass is 10.0. The Morgan fingerprint density at radius 1 is 1.05 bits per heavy atom. The Balaban J connectivity index is 2.29. The maximum atomic E-state index is 5.89. The summed E-state index contributed by atoms with van der Waals surface area (Å²) in [6.07, 6.45) is 3.19. The molecule has 0 atom stereocenters. The molecule has 0 aliphatic heterocycles. The molecule has 1 heterocycles. The summed E-state index contributed by atoms with van der Waals surface area (Å²) in [5, 5.41) is 2.54. The van der Waals surface area contributed by atoms with Gasteiger partial charge in [0, 0.05) is 10.9 Å². The number of fused-ring (bicyclic) bond motifs is 1. The Hall–Kier alpha value is -2.13. The van der Waals surface area contributed by atoms with Crippen LogP contribution in [0.4, 0.5) is 0 Å².